The third-order valence-corrected chi connectivity index (χ3v) is 4.86. The van der Waals surface area contributed by atoms with E-state index in [1.165, 1.54) is 5.56 Å². The molecule has 0 radical (unpaired) electrons. The van der Waals surface area contributed by atoms with Gasteiger partial charge in [0.1, 0.15) is 0 Å². The average molecular weight is 354 g/mol. The first-order valence-electron chi connectivity index (χ1n) is 8.97. The van der Waals surface area contributed by atoms with Crippen molar-refractivity contribution in [1.82, 2.24) is 9.80 Å². The molecule has 2 aromatic rings. The maximum atomic E-state index is 13.0. The first-order valence-corrected chi connectivity index (χ1v) is 8.97. The standard InChI is InChI=1S/C21H26N2O3/c1-4-22(14-16-8-6-5-7-9-16)21(24)23-11-10-17-12-19(25-2)20(26-3)13-18(17)15-23/h5-9,12-13H,4,10-11,14-15H2,1-3H3. The van der Waals surface area contributed by atoms with Gasteiger partial charge in [-0.25, -0.2) is 4.79 Å². The topological polar surface area (TPSA) is 42.0 Å². The molecule has 1 heterocycles. The molecule has 3 rings (SSSR count). The van der Waals surface area contributed by atoms with E-state index in [1.807, 2.05) is 47.1 Å². The monoisotopic (exact) mass is 354 g/mol. The molecule has 26 heavy (non-hydrogen) atoms. The number of methoxy groups -OCH3 is 2. The molecule has 0 aromatic heterocycles. The number of hydrogen-bond acceptors (Lipinski definition) is 3. The minimum absolute atomic E-state index is 0.0804. The number of urea groups is 1. The molecule has 1 aliphatic heterocycles. The van der Waals surface area contributed by atoms with E-state index in [2.05, 4.69) is 12.1 Å². The number of amides is 2. The Bertz CT molecular complexity index is 761. The van der Waals surface area contributed by atoms with Crippen molar-refractivity contribution in [1.29, 1.82) is 0 Å². The summed E-state index contributed by atoms with van der Waals surface area (Å²) in [5, 5.41) is 0. The van der Waals surface area contributed by atoms with E-state index in [9.17, 15) is 4.79 Å². The second-order valence-corrected chi connectivity index (χ2v) is 6.43. The molecular formula is C21H26N2O3. The largest absolute Gasteiger partial charge is 0.493 e. The van der Waals surface area contributed by atoms with Gasteiger partial charge in [-0.05, 0) is 42.2 Å². The number of hydrogen-bond donors (Lipinski definition) is 0. The quantitative estimate of drug-likeness (QED) is 0.822. The lowest BCUT2D eigenvalue weighted by Gasteiger charge is -2.34. The Balaban J connectivity index is 1.75. The summed E-state index contributed by atoms with van der Waals surface area (Å²) in [5.41, 5.74) is 3.49. The first kappa shape index (κ1) is 18.1. The van der Waals surface area contributed by atoms with Gasteiger partial charge in [-0.1, -0.05) is 30.3 Å². The van der Waals surface area contributed by atoms with Gasteiger partial charge < -0.3 is 19.3 Å². The molecule has 0 aliphatic carbocycles. The van der Waals surface area contributed by atoms with Gasteiger partial charge in [0.25, 0.3) is 0 Å². The van der Waals surface area contributed by atoms with E-state index in [0.717, 1.165) is 23.3 Å². The number of carbonyl (C=O) groups excluding carboxylic acids is 1. The fraction of sp³-hybridized carbons (Fsp3) is 0.381. The Labute approximate surface area is 155 Å². The van der Waals surface area contributed by atoms with Crippen molar-refractivity contribution in [2.45, 2.75) is 26.4 Å². The summed E-state index contributed by atoms with van der Waals surface area (Å²) in [4.78, 5) is 16.8. The average Bonchev–Trinajstić information content (AvgIpc) is 2.70. The van der Waals surface area contributed by atoms with Crippen molar-refractivity contribution < 1.29 is 14.3 Å². The lowest BCUT2D eigenvalue weighted by Crippen LogP contribution is -2.45. The molecule has 0 saturated heterocycles. The minimum Gasteiger partial charge on any atom is -0.493 e. The Kier molecular flexibility index (Phi) is 5.66. The molecule has 0 unspecified atom stereocenters. The Morgan fingerprint density at radius 1 is 1.08 bits per heavy atom. The van der Waals surface area contributed by atoms with Crippen LogP contribution in [0.3, 0.4) is 0 Å². The molecule has 0 bridgehead atoms. The number of benzene rings is 2. The molecule has 138 valence electrons. The van der Waals surface area contributed by atoms with Crippen LogP contribution in [0.4, 0.5) is 4.79 Å². The van der Waals surface area contributed by atoms with Crippen LogP contribution in [0.25, 0.3) is 0 Å². The zero-order valence-corrected chi connectivity index (χ0v) is 15.7. The highest BCUT2D eigenvalue weighted by atomic mass is 16.5. The molecule has 0 spiro atoms. The molecule has 2 aromatic carbocycles. The van der Waals surface area contributed by atoms with Crippen LogP contribution < -0.4 is 9.47 Å². The van der Waals surface area contributed by atoms with Gasteiger partial charge in [0, 0.05) is 26.2 Å². The second kappa shape index (κ2) is 8.13. The highest BCUT2D eigenvalue weighted by molar-refractivity contribution is 5.75. The van der Waals surface area contributed by atoms with Gasteiger partial charge in [-0.3, -0.25) is 0 Å². The number of nitrogens with zero attached hydrogens (tertiary/aromatic N) is 2. The van der Waals surface area contributed by atoms with Gasteiger partial charge >= 0.3 is 6.03 Å². The van der Waals surface area contributed by atoms with Gasteiger partial charge in [0.2, 0.25) is 0 Å². The first-order chi connectivity index (χ1) is 12.7. The summed E-state index contributed by atoms with van der Waals surface area (Å²) in [6.07, 6.45) is 0.824. The molecule has 0 atom stereocenters. The highest BCUT2D eigenvalue weighted by Crippen LogP contribution is 2.33. The lowest BCUT2D eigenvalue weighted by atomic mass is 9.99. The van der Waals surface area contributed by atoms with Crippen molar-refractivity contribution in [2.75, 3.05) is 27.3 Å². The van der Waals surface area contributed by atoms with Gasteiger partial charge in [-0.15, -0.1) is 0 Å². The van der Waals surface area contributed by atoms with E-state index in [0.29, 0.717) is 31.9 Å². The maximum absolute atomic E-state index is 13.0. The van der Waals surface area contributed by atoms with Crippen molar-refractivity contribution >= 4 is 6.03 Å². The Morgan fingerprint density at radius 3 is 2.35 bits per heavy atom. The normalized spacial score (nSPS) is 13.1. The zero-order valence-electron chi connectivity index (χ0n) is 15.7. The lowest BCUT2D eigenvalue weighted by molar-refractivity contribution is 0.147. The zero-order chi connectivity index (χ0) is 18.5. The fourth-order valence-corrected chi connectivity index (χ4v) is 3.36. The molecule has 0 N–H and O–H groups in total. The van der Waals surface area contributed by atoms with Crippen LogP contribution in [-0.4, -0.2) is 43.1 Å². The smallest absolute Gasteiger partial charge is 0.320 e. The molecule has 5 heteroatoms. The number of carbonyl (C=O) groups is 1. The molecule has 5 nitrogen and oxygen atoms in total. The van der Waals surface area contributed by atoms with Crippen LogP contribution >= 0.6 is 0 Å². The molecule has 0 fully saturated rings. The predicted octanol–water partition coefficient (Wildman–Crippen LogP) is 3.70. The highest BCUT2D eigenvalue weighted by Gasteiger charge is 2.25. The van der Waals surface area contributed by atoms with Crippen molar-refractivity contribution in [2.24, 2.45) is 0 Å². The van der Waals surface area contributed by atoms with Crippen molar-refractivity contribution in [3.05, 3.63) is 59.2 Å². The van der Waals surface area contributed by atoms with E-state index in [-0.39, 0.29) is 6.03 Å². The van der Waals surface area contributed by atoms with Gasteiger partial charge in [-0.2, -0.15) is 0 Å². The van der Waals surface area contributed by atoms with E-state index < -0.39 is 0 Å². The van der Waals surface area contributed by atoms with E-state index in [4.69, 9.17) is 9.47 Å². The summed E-state index contributed by atoms with van der Waals surface area (Å²) in [6, 6.07) is 14.2. The minimum atomic E-state index is 0.0804. The van der Waals surface area contributed by atoms with E-state index >= 15 is 0 Å². The van der Waals surface area contributed by atoms with Crippen LogP contribution in [0.2, 0.25) is 0 Å². The fourth-order valence-electron chi connectivity index (χ4n) is 3.36. The second-order valence-electron chi connectivity index (χ2n) is 6.43. The number of ether oxygens (including phenoxy) is 2. The maximum Gasteiger partial charge on any atom is 0.320 e. The van der Waals surface area contributed by atoms with Crippen LogP contribution in [0.5, 0.6) is 11.5 Å². The van der Waals surface area contributed by atoms with Crippen LogP contribution in [0.1, 0.15) is 23.6 Å². The summed E-state index contributed by atoms with van der Waals surface area (Å²) >= 11 is 0. The molecule has 0 saturated carbocycles. The predicted molar refractivity (Wildman–Crippen MR) is 102 cm³/mol. The van der Waals surface area contributed by atoms with Gasteiger partial charge in [0.15, 0.2) is 11.5 Å². The number of rotatable bonds is 5. The van der Waals surface area contributed by atoms with Crippen molar-refractivity contribution in [3.63, 3.8) is 0 Å². The van der Waals surface area contributed by atoms with Crippen LogP contribution in [-0.2, 0) is 19.5 Å². The third kappa shape index (κ3) is 3.77. The SMILES string of the molecule is CCN(Cc1ccccc1)C(=O)N1CCc2cc(OC)c(OC)cc2C1. The van der Waals surface area contributed by atoms with E-state index in [1.54, 1.807) is 14.2 Å². The van der Waals surface area contributed by atoms with Crippen LogP contribution in [0.15, 0.2) is 42.5 Å². The van der Waals surface area contributed by atoms with Crippen LogP contribution in [0, 0.1) is 0 Å². The summed E-state index contributed by atoms with van der Waals surface area (Å²) < 4.78 is 10.8. The van der Waals surface area contributed by atoms with Crippen molar-refractivity contribution in [3.8, 4) is 11.5 Å². The summed E-state index contributed by atoms with van der Waals surface area (Å²) in [7, 11) is 3.28. The van der Waals surface area contributed by atoms with Gasteiger partial charge in [0.05, 0.1) is 14.2 Å². The molecule has 2 amide bonds. The Morgan fingerprint density at radius 2 is 1.73 bits per heavy atom. The summed E-state index contributed by atoms with van der Waals surface area (Å²) in [6.45, 7) is 4.65. The Hall–Kier alpha value is -2.69. The molecule has 1 aliphatic rings. The molecular weight excluding hydrogens is 328 g/mol. The third-order valence-electron chi connectivity index (χ3n) is 4.86. The summed E-state index contributed by atoms with van der Waals surface area (Å²) in [5.74, 6) is 1.45. The number of fused-ring (bicyclic) bond motifs is 1.